The van der Waals surface area contributed by atoms with Crippen LogP contribution in [0, 0.1) is 0 Å². The van der Waals surface area contributed by atoms with Crippen LogP contribution >= 0.6 is 0 Å². The van der Waals surface area contributed by atoms with Gasteiger partial charge in [-0.1, -0.05) is 24.3 Å². The summed E-state index contributed by atoms with van der Waals surface area (Å²) in [7, 11) is 0. The molecule has 0 aliphatic heterocycles. The standard InChI is InChI=1S/C19H13NO6/c20-19(26)13-15(22)10-6-8-5-7-3-1-2-4-9(7)14(21)11(8)16(23)12(10)17(24)18(13)25/h1-6,21-25H,(H2,20,26). The molecule has 26 heavy (non-hydrogen) atoms. The Morgan fingerprint density at radius 2 is 1.38 bits per heavy atom. The molecule has 0 bridgehead atoms. The van der Waals surface area contributed by atoms with Crippen molar-refractivity contribution in [1.82, 2.24) is 0 Å². The summed E-state index contributed by atoms with van der Waals surface area (Å²) in [6.07, 6.45) is 0. The van der Waals surface area contributed by atoms with Gasteiger partial charge in [-0.2, -0.15) is 0 Å². The number of carbonyl (C=O) groups excluding carboxylic acids is 1. The highest BCUT2D eigenvalue weighted by atomic mass is 16.3. The number of hydrogen-bond acceptors (Lipinski definition) is 6. The van der Waals surface area contributed by atoms with E-state index in [1.165, 1.54) is 6.07 Å². The van der Waals surface area contributed by atoms with Gasteiger partial charge in [-0.3, -0.25) is 4.79 Å². The maximum Gasteiger partial charge on any atom is 0.256 e. The van der Waals surface area contributed by atoms with E-state index in [1.54, 1.807) is 30.3 Å². The molecule has 1 amide bonds. The second-order valence-corrected chi connectivity index (χ2v) is 5.98. The topological polar surface area (TPSA) is 144 Å². The lowest BCUT2D eigenvalue weighted by molar-refractivity contribution is 0.0994. The number of rotatable bonds is 1. The highest BCUT2D eigenvalue weighted by molar-refractivity contribution is 6.19. The Morgan fingerprint density at radius 1 is 0.692 bits per heavy atom. The SMILES string of the molecule is NC(=O)c1c(O)c(O)c2c(O)c3c(O)c4ccccc4cc3cc2c1O. The molecule has 4 aromatic carbocycles. The van der Waals surface area contributed by atoms with Crippen LogP contribution in [0.25, 0.3) is 32.3 Å². The van der Waals surface area contributed by atoms with Crippen molar-refractivity contribution in [3.63, 3.8) is 0 Å². The lowest BCUT2D eigenvalue weighted by atomic mass is 9.94. The van der Waals surface area contributed by atoms with Crippen LogP contribution in [-0.4, -0.2) is 31.4 Å². The van der Waals surface area contributed by atoms with Gasteiger partial charge in [0.25, 0.3) is 5.91 Å². The first-order valence-corrected chi connectivity index (χ1v) is 7.59. The molecule has 7 nitrogen and oxygen atoms in total. The zero-order valence-corrected chi connectivity index (χ0v) is 13.2. The summed E-state index contributed by atoms with van der Waals surface area (Å²) in [5.41, 5.74) is 4.50. The molecule has 7 N–H and O–H groups in total. The minimum atomic E-state index is -1.14. The number of phenols is 5. The molecule has 0 atom stereocenters. The van der Waals surface area contributed by atoms with Crippen LogP contribution in [-0.2, 0) is 0 Å². The van der Waals surface area contributed by atoms with Crippen molar-refractivity contribution in [2.75, 3.05) is 0 Å². The number of phenolic OH excluding ortho intramolecular Hbond substituents is 3. The lowest BCUT2D eigenvalue weighted by Crippen LogP contribution is -2.11. The minimum Gasteiger partial charge on any atom is -0.507 e. The molecule has 0 spiro atoms. The van der Waals surface area contributed by atoms with Crippen molar-refractivity contribution in [3.05, 3.63) is 42.0 Å². The molecule has 7 heteroatoms. The van der Waals surface area contributed by atoms with Gasteiger partial charge >= 0.3 is 0 Å². The smallest absolute Gasteiger partial charge is 0.256 e. The average molecular weight is 351 g/mol. The predicted molar refractivity (Wildman–Crippen MR) is 95.8 cm³/mol. The van der Waals surface area contributed by atoms with Crippen LogP contribution in [0.15, 0.2) is 36.4 Å². The Morgan fingerprint density at radius 3 is 2.08 bits per heavy atom. The third-order valence-electron chi connectivity index (χ3n) is 4.53. The molecule has 130 valence electrons. The van der Waals surface area contributed by atoms with E-state index in [4.69, 9.17) is 5.73 Å². The Labute approximate surface area is 145 Å². The van der Waals surface area contributed by atoms with Crippen LogP contribution < -0.4 is 5.73 Å². The highest BCUT2D eigenvalue weighted by Crippen LogP contribution is 2.51. The molecule has 0 unspecified atom stereocenters. The number of benzene rings is 4. The molecular formula is C19H13NO6. The van der Waals surface area contributed by atoms with Gasteiger partial charge in [0, 0.05) is 10.8 Å². The van der Waals surface area contributed by atoms with E-state index >= 15 is 0 Å². The van der Waals surface area contributed by atoms with E-state index in [9.17, 15) is 30.3 Å². The lowest BCUT2D eigenvalue weighted by Gasteiger charge is -2.15. The number of amides is 1. The summed E-state index contributed by atoms with van der Waals surface area (Å²) < 4.78 is 0. The van der Waals surface area contributed by atoms with E-state index in [1.807, 2.05) is 0 Å². The zero-order chi connectivity index (χ0) is 18.7. The maximum absolute atomic E-state index is 11.5. The highest BCUT2D eigenvalue weighted by Gasteiger charge is 2.26. The van der Waals surface area contributed by atoms with E-state index in [2.05, 4.69) is 0 Å². The first-order valence-electron chi connectivity index (χ1n) is 7.59. The third kappa shape index (κ3) is 1.85. The fourth-order valence-electron chi connectivity index (χ4n) is 3.34. The maximum atomic E-state index is 11.5. The largest absolute Gasteiger partial charge is 0.507 e. The summed E-state index contributed by atoms with van der Waals surface area (Å²) in [6, 6.07) is 9.99. The van der Waals surface area contributed by atoms with Gasteiger partial charge in [-0.25, -0.2) is 0 Å². The number of aromatic hydroxyl groups is 5. The monoisotopic (exact) mass is 351 g/mol. The van der Waals surface area contributed by atoms with Crippen molar-refractivity contribution in [1.29, 1.82) is 0 Å². The molecule has 0 radical (unpaired) electrons. The van der Waals surface area contributed by atoms with Gasteiger partial charge in [0.05, 0.1) is 10.8 Å². The molecule has 0 saturated carbocycles. The molecule has 0 saturated heterocycles. The summed E-state index contributed by atoms with van der Waals surface area (Å²) in [6.45, 7) is 0. The fourth-order valence-corrected chi connectivity index (χ4v) is 3.34. The predicted octanol–water partition coefficient (Wildman–Crippen LogP) is 2.77. The summed E-state index contributed by atoms with van der Waals surface area (Å²) in [4.78, 5) is 11.5. The molecule has 4 rings (SSSR count). The minimum absolute atomic E-state index is 0.0390. The van der Waals surface area contributed by atoms with Crippen LogP contribution in [0.1, 0.15) is 10.4 Å². The molecule has 0 fully saturated rings. The summed E-state index contributed by atoms with van der Waals surface area (Å²) in [5.74, 6) is -4.34. The molecule has 0 aliphatic rings. The Hall–Kier alpha value is -3.87. The molecular weight excluding hydrogens is 338 g/mol. The Balaban J connectivity index is 2.31. The number of hydrogen-bond donors (Lipinski definition) is 6. The first kappa shape index (κ1) is 15.6. The van der Waals surface area contributed by atoms with Crippen molar-refractivity contribution in [2.24, 2.45) is 5.73 Å². The van der Waals surface area contributed by atoms with Gasteiger partial charge in [0.1, 0.15) is 22.8 Å². The van der Waals surface area contributed by atoms with E-state index < -0.39 is 34.5 Å². The van der Waals surface area contributed by atoms with E-state index in [0.717, 1.165) is 0 Å². The van der Waals surface area contributed by atoms with Crippen LogP contribution in [0.3, 0.4) is 0 Å². The number of nitrogens with two attached hydrogens (primary N) is 1. The van der Waals surface area contributed by atoms with Crippen molar-refractivity contribution in [2.45, 2.75) is 0 Å². The van der Waals surface area contributed by atoms with Gasteiger partial charge in [0.15, 0.2) is 11.5 Å². The van der Waals surface area contributed by atoms with Gasteiger partial charge in [-0.05, 0) is 22.9 Å². The van der Waals surface area contributed by atoms with Gasteiger partial charge < -0.3 is 31.3 Å². The quantitative estimate of drug-likeness (QED) is 0.177. The van der Waals surface area contributed by atoms with E-state index in [0.29, 0.717) is 16.2 Å². The summed E-state index contributed by atoms with van der Waals surface area (Å²) in [5, 5.41) is 53.0. The average Bonchev–Trinajstić information content (AvgIpc) is 2.59. The van der Waals surface area contributed by atoms with Crippen molar-refractivity contribution < 1.29 is 30.3 Å². The third-order valence-corrected chi connectivity index (χ3v) is 4.53. The fraction of sp³-hybridized carbons (Fsp3) is 0. The first-order chi connectivity index (χ1) is 12.3. The summed E-state index contributed by atoms with van der Waals surface area (Å²) >= 11 is 0. The Bertz CT molecular complexity index is 1260. The molecule has 4 aromatic rings. The van der Waals surface area contributed by atoms with Crippen LogP contribution in [0.5, 0.6) is 28.7 Å². The van der Waals surface area contributed by atoms with Crippen LogP contribution in [0.2, 0.25) is 0 Å². The van der Waals surface area contributed by atoms with Crippen molar-refractivity contribution >= 4 is 38.2 Å². The molecule has 0 heterocycles. The van der Waals surface area contributed by atoms with Gasteiger partial charge in [0.2, 0.25) is 0 Å². The normalized spacial score (nSPS) is 11.4. The Kier molecular flexibility index (Phi) is 3.05. The number of primary amides is 1. The molecule has 0 aromatic heterocycles. The second-order valence-electron chi connectivity index (χ2n) is 5.98. The number of carbonyl (C=O) groups is 1. The number of fused-ring (bicyclic) bond motifs is 3. The van der Waals surface area contributed by atoms with Gasteiger partial charge in [-0.15, -0.1) is 0 Å². The van der Waals surface area contributed by atoms with Crippen molar-refractivity contribution in [3.8, 4) is 28.7 Å². The van der Waals surface area contributed by atoms with Crippen LogP contribution in [0.4, 0.5) is 0 Å². The van der Waals surface area contributed by atoms with E-state index in [-0.39, 0.29) is 21.9 Å². The zero-order valence-electron chi connectivity index (χ0n) is 13.2. The molecule has 0 aliphatic carbocycles. The second kappa shape index (κ2) is 5.06.